The molecule has 2 aromatic rings. The molecule has 0 aliphatic rings. The average Bonchev–Trinajstić information content (AvgIpc) is 2.58. The average molecular weight is 311 g/mol. The summed E-state index contributed by atoms with van der Waals surface area (Å²) in [7, 11) is 0. The second-order valence-corrected chi connectivity index (χ2v) is 6.02. The molecule has 0 aromatic heterocycles. The third-order valence-corrected chi connectivity index (χ3v) is 4.15. The van der Waals surface area contributed by atoms with E-state index in [-0.39, 0.29) is 0 Å². The molecule has 0 bridgehead atoms. The van der Waals surface area contributed by atoms with Gasteiger partial charge >= 0.3 is 0 Å². The van der Waals surface area contributed by atoms with Crippen molar-refractivity contribution in [3.05, 3.63) is 59.2 Å². The van der Waals surface area contributed by atoms with Crippen molar-refractivity contribution >= 4 is 5.69 Å². The van der Waals surface area contributed by atoms with Gasteiger partial charge in [-0.25, -0.2) is 0 Å². The van der Waals surface area contributed by atoms with Crippen LogP contribution in [0.5, 0.6) is 5.75 Å². The minimum absolute atomic E-state index is 0.814. The second-order valence-electron chi connectivity index (χ2n) is 6.02. The van der Waals surface area contributed by atoms with Crippen molar-refractivity contribution in [2.24, 2.45) is 0 Å². The Balaban J connectivity index is 1.89. The minimum atomic E-state index is 0.814. The molecule has 0 heterocycles. The van der Waals surface area contributed by atoms with Crippen LogP contribution in [0.4, 0.5) is 5.69 Å². The maximum absolute atomic E-state index is 5.76. The molecule has 0 aliphatic carbocycles. The van der Waals surface area contributed by atoms with Gasteiger partial charge in [0.05, 0.1) is 6.61 Å². The fourth-order valence-corrected chi connectivity index (χ4v) is 2.71. The molecule has 2 rings (SSSR count). The zero-order valence-corrected chi connectivity index (χ0v) is 14.7. The summed E-state index contributed by atoms with van der Waals surface area (Å²) >= 11 is 0. The molecule has 23 heavy (non-hydrogen) atoms. The lowest BCUT2D eigenvalue weighted by Crippen LogP contribution is -2.04. The fraction of sp³-hybridized carbons (Fsp3) is 0.429. The van der Waals surface area contributed by atoms with E-state index in [0.717, 1.165) is 31.7 Å². The van der Waals surface area contributed by atoms with Crippen molar-refractivity contribution in [1.82, 2.24) is 0 Å². The highest BCUT2D eigenvalue weighted by atomic mass is 16.5. The highest BCUT2D eigenvalue weighted by Crippen LogP contribution is 2.22. The van der Waals surface area contributed by atoms with E-state index in [9.17, 15) is 0 Å². The molecule has 0 aliphatic heterocycles. The molecule has 0 unspecified atom stereocenters. The molecular formula is C21H29NO. The molecule has 0 atom stereocenters. The maximum Gasteiger partial charge on any atom is 0.119 e. The Hall–Kier alpha value is -1.96. The first-order chi connectivity index (χ1) is 11.2. The zero-order chi connectivity index (χ0) is 16.5. The largest absolute Gasteiger partial charge is 0.494 e. The molecule has 0 amide bonds. The van der Waals surface area contributed by atoms with Gasteiger partial charge in [0.1, 0.15) is 5.75 Å². The van der Waals surface area contributed by atoms with Crippen LogP contribution >= 0.6 is 0 Å². The van der Waals surface area contributed by atoms with Crippen LogP contribution in [0.25, 0.3) is 0 Å². The van der Waals surface area contributed by atoms with Gasteiger partial charge in [0.25, 0.3) is 0 Å². The topological polar surface area (TPSA) is 21.3 Å². The van der Waals surface area contributed by atoms with E-state index in [0.29, 0.717) is 0 Å². The Labute approximate surface area is 140 Å². The van der Waals surface area contributed by atoms with Crippen LogP contribution in [-0.2, 0) is 13.0 Å². The number of unbranched alkanes of at least 4 members (excludes halogenated alkanes) is 2. The van der Waals surface area contributed by atoms with Gasteiger partial charge in [-0.2, -0.15) is 0 Å². The first kappa shape index (κ1) is 17.4. The van der Waals surface area contributed by atoms with E-state index in [1.165, 1.54) is 35.2 Å². The summed E-state index contributed by atoms with van der Waals surface area (Å²) in [4.78, 5) is 0. The van der Waals surface area contributed by atoms with Gasteiger partial charge in [-0.15, -0.1) is 0 Å². The molecule has 124 valence electrons. The fourth-order valence-electron chi connectivity index (χ4n) is 2.71. The lowest BCUT2D eigenvalue weighted by molar-refractivity contribution is 0.306. The van der Waals surface area contributed by atoms with Gasteiger partial charge in [0, 0.05) is 12.2 Å². The van der Waals surface area contributed by atoms with Gasteiger partial charge in [-0.3, -0.25) is 0 Å². The molecule has 2 heteroatoms. The monoisotopic (exact) mass is 311 g/mol. The zero-order valence-electron chi connectivity index (χ0n) is 14.7. The Bertz CT molecular complexity index is 589. The van der Waals surface area contributed by atoms with E-state index < -0.39 is 0 Å². The highest BCUT2D eigenvalue weighted by Gasteiger charge is 2.04. The minimum Gasteiger partial charge on any atom is -0.494 e. The van der Waals surface area contributed by atoms with Crippen molar-refractivity contribution in [2.45, 2.75) is 53.0 Å². The van der Waals surface area contributed by atoms with Crippen LogP contribution in [0, 0.1) is 6.92 Å². The van der Waals surface area contributed by atoms with E-state index in [1.54, 1.807) is 0 Å². The lowest BCUT2D eigenvalue weighted by Gasteiger charge is -2.14. The normalized spacial score (nSPS) is 10.6. The molecule has 0 spiro atoms. The third kappa shape index (κ3) is 5.31. The second kappa shape index (κ2) is 9.24. The Morgan fingerprint density at radius 3 is 2.43 bits per heavy atom. The van der Waals surface area contributed by atoms with Crippen LogP contribution in [0.2, 0.25) is 0 Å². The summed E-state index contributed by atoms with van der Waals surface area (Å²) < 4.78 is 5.76. The predicted molar refractivity (Wildman–Crippen MR) is 99.3 cm³/mol. The number of hydrogen-bond donors (Lipinski definition) is 1. The van der Waals surface area contributed by atoms with Gasteiger partial charge in [-0.1, -0.05) is 57.0 Å². The Morgan fingerprint density at radius 1 is 0.957 bits per heavy atom. The summed E-state index contributed by atoms with van der Waals surface area (Å²) in [5, 5.41) is 3.59. The number of hydrogen-bond acceptors (Lipinski definition) is 2. The molecule has 2 nitrogen and oxygen atoms in total. The summed E-state index contributed by atoms with van der Waals surface area (Å²) in [6, 6.07) is 14.9. The van der Waals surface area contributed by atoms with Crippen LogP contribution < -0.4 is 10.1 Å². The number of para-hydroxylation sites is 1. The highest BCUT2D eigenvalue weighted by molar-refractivity contribution is 5.57. The smallest absolute Gasteiger partial charge is 0.119 e. The molecular weight excluding hydrogens is 282 g/mol. The van der Waals surface area contributed by atoms with E-state index in [2.05, 4.69) is 68.6 Å². The number of ether oxygens (including phenoxy) is 1. The molecule has 2 aromatic carbocycles. The standard InChI is InChI=1S/C21H29NO/c1-4-6-7-15-23-20-13-11-18(12-14-20)16-22-21-17(3)9-8-10-19(21)5-2/h8-14,22H,4-7,15-16H2,1-3H3. The van der Waals surface area contributed by atoms with Gasteiger partial charge in [-0.05, 0) is 48.6 Å². The summed E-state index contributed by atoms with van der Waals surface area (Å²) in [5.41, 5.74) is 5.23. The van der Waals surface area contributed by atoms with E-state index >= 15 is 0 Å². The predicted octanol–water partition coefficient (Wildman–Crippen LogP) is 5.74. The van der Waals surface area contributed by atoms with Crippen molar-refractivity contribution in [2.75, 3.05) is 11.9 Å². The number of benzene rings is 2. The maximum atomic E-state index is 5.76. The Kier molecular flexibility index (Phi) is 6.99. The summed E-state index contributed by atoms with van der Waals surface area (Å²) in [5.74, 6) is 0.968. The van der Waals surface area contributed by atoms with Crippen LogP contribution in [-0.4, -0.2) is 6.61 Å². The summed E-state index contributed by atoms with van der Waals surface area (Å²) in [6.07, 6.45) is 4.65. The third-order valence-electron chi connectivity index (χ3n) is 4.15. The van der Waals surface area contributed by atoms with Crippen molar-refractivity contribution in [1.29, 1.82) is 0 Å². The van der Waals surface area contributed by atoms with E-state index in [1.807, 2.05) is 0 Å². The first-order valence-electron chi connectivity index (χ1n) is 8.78. The summed E-state index contributed by atoms with van der Waals surface area (Å²) in [6.45, 7) is 8.22. The van der Waals surface area contributed by atoms with Gasteiger partial charge < -0.3 is 10.1 Å². The Morgan fingerprint density at radius 2 is 1.74 bits per heavy atom. The molecule has 1 N–H and O–H groups in total. The quantitative estimate of drug-likeness (QED) is 0.596. The van der Waals surface area contributed by atoms with Crippen LogP contribution in [0.1, 0.15) is 49.8 Å². The van der Waals surface area contributed by atoms with Crippen LogP contribution in [0.15, 0.2) is 42.5 Å². The lowest BCUT2D eigenvalue weighted by atomic mass is 10.1. The van der Waals surface area contributed by atoms with Gasteiger partial charge in [0.15, 0.2) is 0 Å². The van der Waals surface area contributed by atoms with Crippen molar-refractivity contribution in [3.8, 4) is 5.75 Å². The number of nitrogens with one attached hydrogen (secondary N) is 1. The van der Waals surface area contributed by atoms with Crippen molar-refractivity contribution in [3.63, 3.8) is 0 Å². The number of anilines is 1. The molecule has 0 saturated heterocycles. The number of aryl methyl sites for hydroxylation is 2. The van der Waals surface area contributed by atoms with Gasteiger partial charge in [0.2, 0.25) is 0 Å². The molecule has 0 saturated carbocycles. The van der Waals surface area contributed by atoms with E-state index in [4.69, 9.17) is 4.74 Å². The first-order valence-corrected chi connectivity index (χ1v) is 8.78. The molecule has 0 fully saturated rings. The SMILES string of the molecule is CCCCCOc1ccc(CNc2c(C)cccc2CC)cc1. The van der Waals surface area contributed by atoms with Crippen LogP contribution in [0.3, 0.4) is 0 Å². The van der Waals surface area contributed by atoms with Crippen molar-refractivity contribution < 1.29 is 4.74 Å². The number of rotatable bonds is 9. The molecule has 0 radical (unpaired) electrons.